The molecule has 2 fully saturated rings. The monoisotopic (exact) mass is 317 g/mol. The van der Waals surface area contributed by atoms with Crippen LogP contribution in [0.25, 0.3) is 0 Å². The molecule has 1 amide bonds. The zero-order valence-electron chi connectivity index (χ0n) is 13.4. The standard InChI is InChI=1S/C16H31N3O.ClH/c1-2-10-18-15(20)16(8-4-3-5-9-16)19-13-14-6-11-17-12-7-14;/h14,17,19H,2-13H2,1H3,(H,18,20);1H. The van der Waals surface area contributed by atoms with Gasteiger partial charge in [0.05, 0.1) is 5.54 Å². The summed E-state index contributed by atoms with van der Waals surface area (Å²) in [5.74, 6) is 0.974. The van der Waals surface area contributed by atoms with E-state index >= 15 is 0 Å². The number of hydrogen-bond acceptors (Lipinski definition) is 3. The highest BCUT2D eigenvalue weighted by Crippen LogP contribution is 2.29. The summed E-state index contributed by atoms with van der Waals surface area (Å²) in [7, 11) is 0. The van der Waals surface area contributed by atoms with Gasteiger partial charge < -0.3 is 16.0 Å². The molecule has 1 aliphatic heterocycles. The normalized spacial score (nSPS) is 22.3. The molecule has 4 nitrogen and oxygen atoms in total. The van der Waals surface area contributed by atoms with E-state index in [1.54, 1.807) is 0 Å². The zero-order valence-corrected chi connectivity index (χ0v) is 14.2. The summed E-state index contributed by atoms with van der Waals surface area (Å²) in [5.41, 5.74) is -0.279. The second-order valence-electron chi connectivity index (χ2n) is 6.47. The molecule has 2 aliphatic rings. The van der Waals surface area contributed by atoms with Gasteiger partial charge in [-0.15, -0.1) is 12.4 Å². The fourth-order valence-corrected chi connectivity index (χ4v) is 3.47. The van der Waals surface area contributed by atoms with Crippen molar-refractivity contribution in [2.45, 2.75) is 63.8 Å². The van der Waals surface area contributed by atoms with Crippen LogP contribution >= 0.6 is 12.4 Å². The molecule has 0 unspecified atom stereocenters. The van der Waals surface area contributed by atoms with Crippen LogP contribution in [0.15, 0.2) is 0 Å². The highest BCUT2D eigenvalue weighted by Gasteiger charge is 2.39. The van der Waals surface area contributed by atoms with Gasteiger partial charge in [0.15, 0.2) is 0 Å². The summed E-state index contributed by atoms with van der Waals surface area (Å²) < 4.78 is 0. The third-order valence-corrected chi connectivity index (χ3v) is 4.87. The van der Waals surface area contributed by atoms with E-state index in [0.29, 0.717) is 0 Å². The number of nitrogens with one attached hydrogen (secondary N) is 3. The molecular weight excluding hydrogens is 286 g/mol. The first-order chi connectivity index (χ1) is 9.77. The van der Waals surface area contributed by atoms with Gasteiger partial charge in [-0.1, -0.05) is 26.2 Å². The predicted molar refractivity (Wildman–Crippen MR) is 90.0 cm³/mol. The number of amides is 1. The summed E-state index contributed by atoms with van der Waals surface area (Å²) in [6, 6.07) is 0. The molecule has 1 saturated carbocycles. The number of rotatable bonds is 6. The van der Waals surface area contributed by atoms with E-state index in [1.165, 1.54) is 32.1 Å². The highest BCUT2D eigenvalue weighted by atomic mass is 35.5. The van der Waals surface area contributed by atoms with E-state index in [1.807, 2.05) is 0 Å². The molecule has 21 heavy (non-hydrogen) atoms. The Morgan fingerprint density at radius 2 is 1.86 bits per heavy atom. The molecule has 1 heterocycles. The first kappa shape index (κ1) is 18.7. The second kappa shape index (κ2) is 9.65. The molecule has 124 valence electrons. The first-order valence-electron chi connectivity index (χ1n) is 8.51. The van der Waals surface area contributed by atoms with Crippen molar-refractivity contribution < 1.29 is 4.79 Å². The molecule has 3 N–H and O–H groups in total. The van der Waals surface area contributed by atoms with Crippen LogP contribution in [-0.2, 0) is 4.79 Å². The predicted octanol–water partition coefficient (Wildman–Crippen LogP) is 2.23. The Morgan fingerprint density at radius 3 is 2.48 bits per heavy atom. The van der Waals surface area contributed by atoms with Gasteiger partial charge in [-0.25, -0.2) is 0 Å². The lowest BCUT2D eigenvalue weighted by atomic mass is 9.80. The smallest absolute Gasteiger partial charge is 0.240 e. The molecule has 0 aromatic heterocycles. The van der Waals surface area contributed by atoms with E-state index in [2.05, 4.69) is 22.9 Å². The third-order valence-electron chi connectivity index (χ3n) is 4.87. The van der Waals surface area contributed by atoms with E-state index in [4.69, 9.17) is 0 Å². The van der Waals surface area contributed by atoms with Gasteiger partial charge in [-0.3, -0.25) is 4.79 Å². The number of halogens is 1. The van der Waals surface area contributed by atoms with Crippen LogP contribution in [0.3, 0.4) is 0 Å². The molecule has 0 radical (unpaired) electrons. The van der Waals surface area contributed by atoms with Gasteiger partial charge >= 0.3 is 0 Å². The topological polar surface area (TPSA) is 53.2 Å². The van der Waals surface area contributed by atoms with Gasteiger partial charge in [0.1, 0.15) is 0 Å². The minimum absolute atomic E-state index is 0. The molecule has 0 aromatic carbocycles. The zero-order chi connectivity index (χ0) is 14.3. The molecule has 0 bridgehead atoms. The maximum atomic E-state index is 12.6. The quantitative estimate of drug-likeness (QED) is 0.704. The maximum Gasteiger partial charge on any atom is 0.240 e. The largest absolute Gasteiger partial charge is 0.355 e. The van der Waals surface area contributed by atoms with Crippen molar-refractivity contribution in [3.8, 4) is 0 Å². The van der Waals surface area contributed by atoms with Crippen LogP contribution in [0.1, 0.15) is 58.3 Å². The Labute approximate surface area is 135 Å². The van der Waals surface area contributed by atoms with E-state index in [9.17, 15) is 4.79 Å². The van der Waals surface area contributed by atoms with Crippen LogP contribution in [0.4, 0.5) is 0 Å². The number of carbonyl (C=O) groups excluding carboxylic acids is 1. The van der Waals surface area contributed by atoms with E-state index < -0.39 is 0 Å². The fourth-order valence-electron chi connectivity index (χ4n) is 3.47. The number of hydrogen-bond donors (Lipinski definition) is 3. The third kappa shape index (κ3) is 5.42. The van der Waals surface area contributed by atoms with Gasteiger partial charge in [0.2, 0.25) is 5.91 Å². The Morgan fingerprint density at radius 1 is 1.19 bits per heavy atom. The SMILES string of the molecule is CCCNC(=O)C1(NCC2CCNCC2)CCCCC1.Cl. The lowest BCUT2D eigenvalue weighted by Crippen LogP contribution is -2.59. The Kier molecular flexibility index (Phi) is 8.60. The summed E-state index contributed by atoms with van der Waals surface area (Å²) in [5, 5.41) is 10.2. The van der Waals surface area contributed by atoms with Crippen molar-refractivity contribution in [2.24, 2.45) is 5.92 Å². The maximum absolute atomic E-state index is 12.6. The molecule has 1 saturated heterocycles. The lowest BCUT2D eigenvalue weighted by Gasteiger charge is -2.38. The fraction of sp³-hybridized carbons (Fsp3) is 0.938. The molecule has 0 atom stereocenters. The molecule has 5 heteroatoms. The van der Waals surface area contributed by atoms with E-state index in [-0.39, 0.29) is 23.9 Å². The summed E-state index contributed by atoms with van der Waals surface area (Å²) in [4.78, 5) is 12.6. The molecular formula is C16H32ClN3O. The highest BCUT2D eigenvalue weighted by molar-refractivity contribution is 5.86. The minimum Gasteiger partial charge on any atom is -0.355 e. The first-order valence-corrected chi connectivity index (χ1v) is 8.51. The lowest BCUT2D eigenvalue weighted by molar-refractivity contribution is -0.129. The van der Waals surface area contributed by atoms with Crippen molar-refractivity contribution in [1.29, 1.82) is 0 Å². The van der Waals surface area contributed by atoms with Crippen LogP contribution in [0.5, 0.6) is 0 Å². The number of piperidine rings is 1. The van der Waals surface area contributed by atoms with Gasteiger partial charge in [-0.2, -0.15) is 0 Å². The van der Waals surface area contributed by atoms with Crippen molar-refractivity contribution in [1.82, 2.24) is 16.0 Å². The average molecular weight is 318 g/mol. The molecule has 2 rings (SSSR count). The van der Waals surface area contributed by atoms with Crippen LogP contribution < -0.4 is 16.0 Å². The van der Waals surface area contributed by atoms with Gasteiger partial charge in [0, 0.05) is 6.54 Å². The molecule has 0 aromatic rings. The Hall–Kier alpha value is -0.320. The van der Waals surface area contributed by atoms with Crippen molar-refractivity contribution in [3.05, 3.63) is 0 Å². The Bertz CT molecular complexity index is 300. The van der Waals surface area contributed by atoms with Crippen molar-refractivity contribution in [3.63, 3.8) is 0 Å². The molecule has 1 aliphatic carbocycles. The average Bonchev–Trinajstić information content (AvgIpc) is 2.52. The van der Waals surface area contributed by atoms with Gasteiger partial charge in [-0.05, 0) is 57.7 Å². The van der Waals surface area contributed by atoms with Gasteiger partial charge in [0.25, 0.3) is 0 Å². The Balaban J connectivity index is 0.00000220. The van der Waals surface area contributed by atoms with Crippen LogP contribution in [0, 0.1) is 5.92 Å². The number of carbonyl (C=O) groups is 1. The summed E-state index contributed by atoms with van der Waals surface area (Å²) >= 11 is 0. The molecule has 0 spiro atoms. The second-order valence-corrected chi connectivity index (χ2v) is 6.47. The van der Waals surface area contributed by atoms with E-state index in [0.717, 1.165) is 51.4 Å². The minimum atomic E-state index is -0.279. The van der Waals surface area contributed by atoms with Crippen LogP contribution in [0.2, 0.25) is 0 Å². The summed E-state index contributed by atoms with van der Waals surface area (Å²) in [6.45, 7) is 6.16. The van der Waals surface area contributed by atoms with Crippen LogP contribution in [-0.4, -0.2) is 37.6 Å². The van der Waals surface area contributed by atoms with Crippen molar-refractivity contribution >= 4 is 18.3 Å². The summed E-state index contributed by atoms with van der Waals surface area (Å²) in [6.07, 6.45) is 9.13. The van der Waals surface area contributed by atoms with Crippen molar-refractivity contribution in [2.75, 3.05) is 26.2 Å².